The van der Waals surface area contributed by atoms with Crippen molar-refractivity contribution in [3.8, 4) is 6.07 Å². The van der Waals surface area contributed by atoms with E-state index in [1.807, 2.05) is 0 Å². The number of anilines is 1. The molecule has 20 heavy (non-hydrogen) atoms. The van der Waals surface area contributed by atoms with Gasteiger partial charge in [-0.05, 0) is 30.3 Å². The first-order valence-electron chi connectivity index (χ1n) is 5.48. The fourth-order valence-corrected chi connectivity index (χ4v) is 1.96. The molecule has 0 aromatic heterocycles. The molecule has 0 unspecified atom stereocenters. The molecule has 0 spiro atoms. The molecular weight excluding hydrogens is 330 g/mol. The third kappa shape index (κ3) is 2.83. The van der Waals surface area contributed by atoms with Crippen LogP contribution in [0.3, 0.4) is 0 Å². The number of carbonyl (C=O) groups excluding carboxylic acids is 1. The van der Waals surface area contributed by atoms with E-state index in [4.69, 9.17) is 5.26 Å². The van der Waals surface area contributed by atoms with Crippen LogP contribution in [-0.4, -0.2) is 5.91 Å². The number of hydrogen-bond donors (Lipinski definition) is 1. The van der Waals surface area contributed by atoms with Gasteiger partial charge in [-0.15, -0.1) is 0 Å². The second kappa shape index (κ2) is 5.80. The van der Waals surface area contributed by atoms with Gasteiger partial charge in [-0.1, -0.05) is 22.0 Å². The highest BCUT2D eigenvalue weighted by atomic mass is 79.9. The molecule has 0 fully saturated rings. The SMILES string of the molecule is N#Cc1c(F)cccc1NC(=O)c1cc(Br)ccc1F. The molecule has 0 bridgehead atoms. The minimum Gasteiger partial charge on any atom is -0.321 e. The van der Waals surface area contributed by atoms with Crippen LogP contribution < -0.4 is 5.32 Å². The van der Waals surface area contributed by atoms with Gasteiger partial charge in [-0.2, -0.15) is 5.26 Å². The van der Waals surface area contributed by atoms with Gasteiger partial charge >= 0.3 is 0 Å². The zero-order chi connectivity index (χ0) is 14.7. The van der Waals surface area contributed by atoms with E-state index in [-0.39, 0.29) is 16.8 Å². The van der Waals surface area contributed by atoms with Crippen LogP contribution in [0.25, 0.3) is 0 Å². The fraction of sp³-hybridized carbons (Fsp3) is 0. The normalized spacial score (nSPS) is 9.90. The molecule has 100 valence electrons. The lowest BCUT2D eigenvalue weighted by Crippen LogP contribution is -2.15. The molecule has 0 aliphatic rings. The Kier molecular flexibility index (Phi) is 4.11. The van der Waals surface area contributed by atoms with Crippen molar-refractivity contribution in [3.05, 3.63) is 63.6 Å². The molecule has 2 aromatic rings. The predicted molar refractivity (Wildman–Crippen MR) is 73.2 cm³/mol. The van der Waals surface area contributed by atoms with Gasteiger partial charge in [0.25, 0.3) is 5.91 Å². The highest BCUT2D eigenvalue weighted by molar-refractivity contribution is 9.10. The van der Waals surface area contributed by atoms with Gasteiger partial charge in [-0.25, -0.2) is 8.78 Å². The third-order valence-electron chi connectivity index (χ3n) is 2.55. The summed E-state index contributed by atoms with van der Waals surface area (Å²) in [5.41, 5.74) is -0.499. The number of nitrogens with zero attached hydrogens (tertiary/aromatic N) is 1. The summed E-state index contributed by atoms with van der Waals surface area (Å²) in [6, 6.07) is 9.37. The van der Waals surface area contributed by atoms with Gasteiger partial charge in [0.15, 0.2) is 0 Å². The van der Waals surface area contributed by atoms with Crippen molar-refractivity contribution in [1.29, 1.82) is 5.26 Å². The number of carbonyl (C=O) groups is 1. The van der Waals surface area contributed by atoms with Crippen LogP contribution in [0.5, 0.6) is 0 Å². The largest absolute Gasteiger partial charge is 0.321 e. The van der Waals surface area contributed by atoms with Gasteiger partial charge in [0, 0.05) is 4.47 Å². The minimum absolute atomic E-state index is 0.00289. The topological polar surface area (TPSA) is 52.9 Å². The Morgan fingerprint density at radius 1 is 1.20 bits per heavy atom. The average molecular weight is 337 g/mol. The Labute approximate surface area is 122 Å². The molecule has 0 atom stereocenters. The molecule has 2 aromatic carbocycles. The van der Waals surface area contributed by atoms with Gasteiger partial charge in [0.1, 0.15) is 23.3 Å². The first-order chi connectivity index (χ1) is 9.52. The first-order valence-corrected chi connectivity index (χ1v) is 6.27. The molecule has 2 rings (SSSR count). The van der Waals surface area contributed by atoms with Crippen molar-refractivity contribution < 1.29 is 13.6 Å². The quantitative estimate of drug-likeness (QED) is 0.905. The summed E-state index contributed by atoms with van der Waals surface area (Å²) in [4.78, 5) is 12.0. The number of amides is 1. The summed E-state index contributed by atoms with van der Waals surface area (Å²) in [5.74, 6) is -2.22. The van der Waals surface area contributed by atoms with Crippen LogP contribution in [0.2, 0.25) is 0 Å². The maximum absolute atomic E-state index is 13.6. The zero-order valence-corrected chi connectivity index (χ0v) is 11.5. The Bertz CT molecular complexity index is 726. The smallest absolute Gasteiger partial charge is 0.258 e. The van der Waals surface area contributed by atoms with Gasteiger partial charge in [-0.3, -0.25) is 4.79 Å². The van der Waals surface area contributed by atoms with Crippen molar-refractivity contribution in [2.45, 2.75) is 0 Å². The summed E-state index contributed by atoms with van der Waals surface area (Å²) in [6.45, 7) is 0. The summed E-state index contributed by atoms with van der Waals surface area (Å²) >= 11 is 3.13. The predicted octanol–water partition coefficient (Wildman–Crippen LogP) is 3.85. The molecule has 0 saturated heterocycles. The van der Waals surface area contributed by atoms with E-state index in [9.17, 15) is 13.6 Å². The van der Waals surface area contributed by atoms with Gasteiger partial charge in [0.05, 0.1) is 11.3 Å². The monoisotopic (exact) mass is 336 g/mol. The van der Waals surface area contributed by atoms with Crippen molar-refractivity contribution in [2.24, 2.45) is 0 Å². The standard InChI is InChI=1S/C14H7BrF2N2O/c15-8-4-5-12(17)9(6-8)14(20)19-13-3-1-2-11(16)10(13)7-18/h1-6H,(H,19,20). The first kappa shape index (κ1) is 14.2. The molecule has 0 heterocycles. The van der Waals surface area contributed by atoms with Gasteiger partial charge < -0.3 is 5.32 Å². The number of rotatable bonds is 2. The molecule has 0 radical (unpaired) electrons. The van der Waals surface area contributed by atoms with Crippen molar-refractivity contribution in [2.75, 3.05) is 5.32 Å². The fourth-order valence-electron chi connectivity index (χ4n) is 1.60. The highest BCUT2D eigenvalue weighted by Crippen LogP contribution is 2.21. The number of halogens is 3. The minimum atomic E-state index is -0.758. The molecule has 1 amide bonds. The van der Waals surface area contributed by atoms with Crippen LogP contribution in [0.4, 0.5) is 14.5 Å². The Hall–Kier alpha value is -2.26. The Balaban J connectivity index is 2.36. The summed E-state index contributed by atoms with van der Waals surface area (Å²) in [6.07, 6.45) is 0. The maximum atomic E-state index is 13.6. The van der Waals surface area contributed by atoms with E-state index >= 15 is 0 Å². The van der Waals surface area contributed by atoms with Crippen molar-refractivity contribution in [1.82, 2.24) is 0 Å². The van der Waals surface area contributed by atoms with Gasteiger partial charge in [0.2, 0.25) is 0 Å². The molecule has 3 nitrogen and oxygen atoms in total. The van der Waals surface area contributed by atoms with Crippen LogP contribution in [0, 0.1) is 23.0 Å². The summed E-state index contributed by atoms with van der Waals surface area (Å²) in [7, 11) is 0. The van der Waals surface area contributed by atoms with E-state index in [0.717, 1.165) is 12.1 Å². The molecule has 0 saturated carbocycles. The molecular formula is C14H7BrF2N2O. The van der Waals surface area contributed by atoms with E-state index in [2.05, 4.69) is 21.2 Å². The highest BCUT2D eigenvalue weighted by Gasteiger charge is 2.15. The second-order valence-corrected chi connectivity index (χ2v) is 4.77. The second-order valence-electron chi connectivity index (χ2n) is 3.85. The number of benzene rings is 2. The van der Waals surface area contributed by atoms with E-state index in [1.165, 1.54) is 24.3 Å². The Morgan fingerprint density at radius 2 is 1.95 bits per heavy atom. The Morgan fingerprint density at radius 3 is 2.65 bits per heavy atom. The van der Waals surface area contributed by atoms with Crippen LogP contribution in [-0.2, 0) is 0 Å². The molecule has 1 N–H and O–H groups in total. The van der Waals surface area contributed by atoms with E-state index < -0.39 is 17.5 Å². The molecule has 6 heteroatoms. The third-order valence-corrected chi connectivity index (χ3v) is 3.04. The maximum Gasteiger partial charge on any atom is 0.258 e. The lowest BCUT2D eigenvalue weighted by molar-refractivity contribution is 0.102. The van der Waals surface area contributed by atoms with E-state index in [1.54, 1.807) is 6.07 Å². The van der Waals surface area contributed by atoms with Crippen molar-refractivity contribution >= 4 is 27.5 Å². The lowest BCUT2D eigenvalue weighted by Gasteiger charge is -2.08. The van der Waals surface area contributed by atoms with E-state index in [0.29, 0.717) is 4.47 Å². The van der Waals surface area contributed by atoms with Crippen LogP contribution in [0.15, 0.2) is 40.9 Å². The lowest BCUT2D eigenvalue weighted by atomic mass is 10.1. The number of hydrogen-bond acceptors (Lipinski definition) is 2. The molecule has 0 aliphatic carbocycles. The average Bonchev–Trinajstić information content (AvgIpc) is 2.41. The summed E-state index contributed by atoms with van der Waals surface area (Å²) < 4.78 is 27.5. The number of nitrogens with one attached hydrogen (secondary N) is 1. The summed E-state index contributed by atoms with van der Waals surface area (Å²) in [5, 5.41) is 11.2. The van der Waals surface area contributed by atoms with Crippen LogP contribution >= 0.6 is 15.9 Å². The zero-order valence-electron chi connectivity index (χ0n) is 9.95. The number of nitriles is 1. The van der Waals surface area contributed by atoms with Crippen LogP contribution in [0.1, 0.15) is 15.9 Å². The molecule has 0 aliphatic heterocycles. The van der Waals surface area contributed by atoms with Crippen molar-refractivity contribution in [3.63, 3.8) is 0 Å².